The molecule has 10 heteroatoms. The van der Waals surface area contributed by atoms with Gasteiger partial charge in [-0.1, -0.05) is 0 Å². The van der Waals surface area contributed by atoms with Crippen molar-refractivity contribution < 1.29 is 26.4 Å². The first-order valence-electron chi connectivity index (χ1n) is 5.79. The van der Waals surface area contributed by atoms with Crippen LogP contribution in [0.5, 0.6) is 0 Å². The third-order valence-corrected chi connectivity index (χ3v) is 4.50. The molecule has 23 heavy (non-hydrogen) atoms. The summed E-state index contributed by atoms with van der Waals surface area (Å²) in [4.78, 5) is 3.77. The zero-order valence-electron chi connectivity index (χ0n) is 10.7. The minimum absolute atomic E-state index is 0.0388. The Balaban J connectivity index is 2.37. The summed E-state index contributed by atoms with van der Waals surface area (Å²) >= 11 is 6.26. The Bertz CT molecular complexity index is 944. The van der Waals surface area contributed by atoms with Gasteiger partial charge in [0.1, 0.15) is 11.1 Å². The predicted octanol–water partition coefficient (Wildman–Crippen LogP) is 5.30. The van der Waals surface area contributed by atoms with Crippen LogP contribution in [0.25, 0.3) is 22.6 Å². The number of rotatable bonds is 1. The molecule has 0 saturated heterocycles. The van der Waals surface area contributed by atoms with Crippen LogP contribution >= 0.6 is 31.9 Å². The van der Waals surface area contributed by atoms with E-state index in [4.69, 9.17) is 10.2 Å². The third kappa shape index (κ3) is 2.31. The number of halogens is 7. The monoisotopic (exact) mass is 456 g/mol. The number of oxazole rings is 1. The minimum atomic E-state index is -2.26. The molecule has 0 amide bonds. The van der Waals surface area contributed by atoms with E-state index in [1.54, 1.807) is 0 Å². The lowest BCUT2D eigenvalue weighted by molar-refractivity contribution is 0.379. The van der Waals surface area contributed by atoms with Gasteiger partial charge >= 0.3 is 0 Å². The number of fused-ring (bicyclic) bond motifs is 1. The van der Waals surface area contributed by atoms with Gasteiger partial charge in [0, 0.05) is 4.47 Å². The van der Waals surface area contributed by atoms with Gasteiger partial charge in [-0.3, -0.25) is 0 Å². The molecule has 0 aliphatic heterocycles. The molecule has 0 bridgehead atoms. The normalized spacial score (nSPS) is 11.4. The molecule has 0 fully saturated rings. The smallest absolute Gasteiger partial charge is 0.233 e. The van der Waals surface area contributed by atoms with Gasteiger partial charge in [0.25, 0.3) is 0 Å². The fourth-order valence-corrected chi connectivity index (χ4v) is 3.08. The second-order valence-corrected chi connectivity index (χ2v) is 6.04. The van der Waals surface area contributed by atoms with Crippen LogP contribution in [0.1, 0.15) is 0 Å². The molecular formula is C13H3Br2F5N2O. The first-order chi connectivity index (χ1) is 10.7. The van der Waals surface area contributed by atoms with Crippen LogP contribution in [0.15, 0.2) is 19.4 Å². The summed E-state index contributed by atoms with van der Waals surface area (Å²) in [6.45, 7) is 0. The molecule has 120 valence electrons. The number of nitrogens with zero attached hydrogens (tertiary/aromatic N) is 1. The average molecular weight is 458 g/mol. The highest BCUT2D eigenvalue weighted by molar-refractivity contribution is 9.11. The molecule has 3 rings (SSSR count). The van der Waals surface area contributed by atoms with Gasteiger partial charge in [-0.15, -0.1) is 0 Å². The van der Waals surface area contributed by atoms with Crippen molar-refractivity contribution in [3.05, 3.63) is 44.1 Å². The van der Waals surface area contributed by atoms with E-state index in [9.17, 15) is 22.0 Å². The quantitative estimate of drug-likeness (QED) is 0.233. The largest absolute Gasteiger partial charge is 0.436 e. The Labute approximate surface area is 141 Å². The van der Waals surface area contributed by atoms with Gasteiger partial charge in [-0.05, 0) is 37.9 Å². The second kappa shape index (κ2) is 5.45. The van der Waals surface area contributed by atoms with E-state index in [0.717, 1.165) is 0 Å². The Morgan fingerprint density at radius 1 is 0.913 bits per heavy atom. The molecule has 0 saturated carbocycles. The Kier molecular flexibility index (Phi) is 3.83. The van der Waals surface area contributed by atoms with E-state index in [1.807, 2.05) is 0 Å². The molecule has 0 aliphatic rings. The van der Waals surface area contributed by atoms with Gasteiger partial charge < -0.3 is 10.2 Å². The lowest BCUT2D eigenvalue weighted by atomic mass is 10.1. The predicted molar refractivity (Wildman–Crippen MR) is 79.0 cm³/mol. The van der Waals surface area contributed by atoms with E-state index < -0.39 is 40.5 Å². The van der Waals surface area contributed by atoms with Gasteiger partial charge in [-0.25, -0.2) is 26.9 Å². The molecule has 1 aromatic heterocycles. The van der Waals surface area contributed by atoms with Crippen LogP contribution in [-0.2, 0) is 0 Å². The van der Waals surface area contributed by atoms with Crippen molar-refractivity contribution in [2.24, 2.45) is 0 Å². The molecule has 0 radical (unpaired) electrons. The lowest BCUT2D eigenvalue weighted by Crippen LogP contribution is -2.04. The molecule has 3 aromatic rings. The Hall–Kier alpha value is -1.68. The van der Waals surface area contributed by atoms with E-state index in [2.05, 4.69) is 36.8 Å². The Morgan fingerprint density at radius 3 is 2.00 bits per heavy atom. The minimum Gasteiger partial charge on any atom is -0.436 e. The highest BCUT2D eigenvalue weighted by atomic mass is 79.9. The third-order valence-electron chi connectivity index (χ3n) is 3.04. The van der Waals surface area contributed by atoms with Crippen molar-refractivity contribution in [2.75, 3.05) is 5.73 Å². The van der Waals surface area contributed by atoms with Gasteiger partial charge in [0.15, 0.2) is 28.9 Å². The van der Waals surface area contributed by atoms with Gasteiger partial charge in [0.2, 0.25) is 11.7 Å². The van der Waals surface area contributed by atoms with E-state index in [1.165, 1.54) is 6.07 Å². The Morgan fingerprint density at radius 2 is 1.43 bits per heavy atom. The average Bonchev–Trinajstić information content (AvgIpc) is 2.92. The molecule has 0 atom stereocenters. The molecule has 0 unspecified atom stereocenters. The summed E-state index contributed by atoms with van der Waals surface area (Å²) in [5.41, 5.74) is 4.82. The highest BCUT2D eigenvalue weighted by Gasteiger charge is 2.30. The first kappa shape index (κ1) is 16.2. The van der Waals surface area contributed by atoms with E-state index in [0.29, 0.717) is 4.47 Å². The highest BCUT2D eigenvalue weighted by Crippen LogP contribution is 2.39. The number of benzene rings is 2. The fourth-order valence-electron chi connectivity index (χ4n) is 1.91. The van der Waals surface area contributed by atoms with Crippen LogP contribution in [0.2, 0.25) is 0 Å². The molecule has 0 spiro atoms. The van der Waals surface area contributed by atoms with Crippen molar-refractivity contribution in [3.63, 3.8) is 0 Å². The summed E-state index contributed by atoms with van der Waals surface area (Å²) in [5, 5.41) is 0. The SMILES string of the molecule is Nc1c(Br)cc2oc(-c3c(F)c(F)c(F)c(F)c3F)nc2c1Br. The maximum atomic E-state index is 13.8. The number of hydrogen-bond acceptors (Lipinski definition) is 3. The van der Waals surface area contributed by atoms with Crippen molar-refractivity contribution in [1.82, 2.24) is 4.98 Å². The first-order valence-corrected chi connectivity index (χ1v) is 7.38. The van der Waals surface area contributed by atoms with Gasteiger partial charge in [-0.2, -0.15) is 0 Å². The summed E-state index contributed by atoms with van der Waals surface area (Å²) in [5.74, 6) is -11.2. The second-order valence-electron chi connectivity index (χ2n) is 4.40. The molecule has 3 nitrogen and oxygen atoms in total. The maximum absolute atomic E-state index is 13.8. The lowest BCUT2D eigenvalue weighted by Gasteiger charge is -2.04. The molecule has 2 aromatic carbocycles. The van der Waals surface area contributed by atoms with E-state index in [-0.39, 0.29) is 21.3 Å². The number of nitrogen functional groups attached to an aromatic ring is 1. The van der Waals surface area contributed by atoms with Crippen molar-refractivity contribution in [3.8, 4) is 11.5 Å². The van der Waals surface area contributed by atoms with E-state index >= 15 is 0 Å². The summed E-state index contributed by atoms with van der Waals surface area (Å²) in [6.07, 6.45) is 0. The zero-order valence-corrected chi connectivity index (χ0v) is 13.8. The number of anilines is 1. The van der Waals surface area contributed by atoms with Crippen LogP contribution in [0.4, 0.5) is 27.6 Å². The van der Waals surface area contributed by atoms with Crippen molar-refractivity contribution in [1.29, 1.82) is 0 Å². The zero-order chi connectivity index (χ0) is 17.0. The number of hydrogen-bond donors (Lipinski definition) is 1. The van der Waals surface area contributed by atoms with Crippen molar-refractivity contribution in [2.45, 2.75) is 0 Å². The topological polar surface area (TPSA) is 52.0 Å². The van der Waals surface area contributed by atoms with Crippen LogP contribution in [-0.4, -0.2) is 4.98 Å². The van der Waals surface area contributed by atoms with Crippen LogP contribution < -0.4 is 5.73 Å². The summed E-state index contributed by atoms with van der Waals surface area (Å²) in [7, 11) is 0. The summed E-state index contributed by atoms with van der Waals surface area (Å²) < 4.78 is 73.0. The van der Waals surface area contributed by atoms with Crippen LogP contribution in [0.3, 0.4) is 0 Å². The molecule has 0 aliphatic carbocycles. The van der Waals surface area contributed by atoms with Crippen LogP contribution in [0, 0.1) is 29.1 Å². The standard InChI is InChI=1S/C13H3Br2F5N2O/c14-2-1-3-12(5(15)11(2)21)22-13(23-3)4-6(16)8(18)10(20)9(19)7(4)17/h1H,21H2. The number of nitrogens with two attached hydrogens (primary N) is 1. The molecule has 1 heterocycles. The fraction of sp³-hybridized carbons (Fsp3) is 0. The molecular weight excluding hydrogens is 455 g/mol. The summed E-state index contributed by atoms with van der Waals surface area (Å²) in [6, 6.07) is 1.36. The maximum Gasteiger partial charge on any atom is 0.233 e. The molecule has 2 N–H and O–H groups in total. The van der Waals surface area contributed by atoms with Gasteiger partial charge in [0.05, 0.1) is 10.2 Å². The van der Waals surface area contributed by atoms with Crippen molar-refractivity contribution >= 4 is 48.6 Å². The number of aromatic nitrogens is 1.